The van der Waals surface area contributed by atoms with Gasteiger partial charge in [0.2, 0.25) is 0 Å². The quantitative estimate of drug-likeness (QED) is 0.631. The highest BCUT2D eigenvalue weighted by Gasteiger charge is 1.99. The van der Waals surface area contributed by atoms with E-state index in [0.717, 1.165) is 11.4 Å². The van der Waals surface area contributed by atoms with Crippen molar-refractivity contribution in [1.29, 1.82) is 0 Å². The molecule has 0 atom stereocenters. The Morgan fingerprint density at radius 1 is 1.17 bits per heavy atom. The minimum absolute atomic E-state index is 0.915. The van der Waals surface area contributed by atoms with Crippen molar-refractivity contribution >= 4 is 0 Å². The lowest BCUT2D eigenvalue weighted by molar-refractivity contribution is 0.913. The Labute approximate surface area is 70.7 Å². The van der Waals surface area contributed by atoms with Gasteiger partial charge in [-0.15, -0.1) is 0 Å². The summed E-state index contributed by atoms with van der Waals surface area (Å²) in [6, 6.07) is 5.80. The average Bonchev–Trinajstić information content (AvgIpc) is 2.54. The molecule has 0 aliphatic rings. The van der Waals surface area contributed by atoms with Crippen LogP contribution in [0.15, 0.2) is 36.9 Å². The SMILES string of the molecule is Cn1cnc(-c2ccccn2)c1. The molecule has 2 aromatic heterocycles. The largest absolute Gasteiger partial charge is 0.340 e. The van der Waals surface area contributed by atoms with Crippen molar-refractivity contribution in [2.24, 2.45) is 7.05 Å². The van der Waals surface area contributed by atoms with Gasteiger partial charge >= 0.3 is 0 Å². The number of imidazole rings is 1. The van der Waals surface area contributed by atoms with Crippen LogP contribution in [0, 0.1) is 0 Å². The van der Waals surface area contributed by atoms with Gasteiger partial charge in [-0.2, -0.15) is 0 Å². The van der Waals surface area contributed by atoms with Crippen molar-refractivity contribution in [1.82, 2.24) is 14.5 Å². The summed E-state index contributed by atoms with van der Waals surface area (Å²) in [6.45, 7) is 0. The van der Waals surface area contributed by atoms with E-state index in [4.69, 9.17) is 0 Å². The molecule has 0 unspecified atom stereocenters. The monoisotopic (exact) mass is 159 g/mol. The molecule has 3 nitrogen and oxygen atoms in total. The van der Waals surface area contributed by atoms with E-state index in [1.807, 2.05) is 36.0 Å². The standard InChI is InChI=1S/C9H9N3/c1-12-6-9(11-7-12)8-4-2-3-5-10-8/h2-7H,1H3. The van der Waals surface area contributed by atoms with Gasteiger partial charge in [0.25, 0.3) is 0 Å². The van der Waals surface area contributed by atoms with Crippen molar-refractivity contribution < 1.29 is 0 Å². The molecule has 12 heavy (non-hydrogen) atoms. The summed E-state index contributed by atoms with van der Waals surface area (Å²) in [6.07, 6.45) is 5.48. The maximum atomic E-state index is 4.19. The molecule has 2 heterocycles. The van der Waals surface area contributed by atoms with Crippen LogP contribution < -0.4 is 0 Å². The minimum Gasteiger partial charge on any atom is -0.340 e. The number of aryl methyl sites for hydroxylation is 1. The first kappa shape index (κ1) is 7.03. The van der Waals surface area contributed by atoms with Gasteiger partial charge in [0.05, 0.1) is 12.0 Å². The van der Waals surface area contributed by atoms with Gasteiger partial charge in [-0.25, -0.2) is 4.98 Å². The van der Waals surface area contributed by atoms with Gasteiger partial charge in [-0.1, -0.05) is 6.07 Å². The number of hydrogen-bond donors (Lipinski definition) is 0. The predicted octanol–water partition coefficient (Wildman–Crippen LogP) is 1.48. The average molecular weight is 159 g/mol. The van der Waals surface area contributed by atoms with Gasteiger partial charge in [0.15, 0.2) is 0 Å². The molecule has 0 spiro atoms. The summed E-state index contributed by atoms with van der Waals surface area (Å²) in [5.41, 5.74) is 1.83. The summed E-state index contributed by atoms with van der Waals surface area (Å²) in [4.78, 5) is 8.37. The molecule has 3 heteroatoms. The Kier molecular flexibility index (Phi) is 1.63. The number of hydrogen-bond acceptors (Lipinski definition) is 2. The molecule has 2 rings (SSSR count). The Balaban J connectivity index is 2.45. The summed E-state index contributed by atoms with van der Waals surface area (Å²) in [5, 5.41) is 0. The Bertz CT molecular complexity index is 364. The third-order valence-electron chi connectivity index (χ3n) is 1.63. The molecule has 0 aromatic carbocycles. The molecule has 0 amide bonds. The molecule has 0 bridgehead atoms. The van der Waals surface area contributed by atoms with Crippen LogP contribution in [0.4, 0.5) is 0 Å². The van der Waals surface area contributed by atoms with Crippen LogP contribution in [0.2, 0.25) is 0 Å². The zero-order chi connectivity index (χ0) is 8.39. The van der Waals surface area contributed by atoms with Crippen molar-refractivity contribution in [3.8, 4) is 11.4 Å². The van der Waals surface area contributed by atoms with Crippen molar-refractivity contribution in [2.75, 3.05) is 0 Å². The highest BCUT2D eigenvalue weighted by atomic mass is 15.0. The lowest BCUT2D eigenvalue weighted by Gasteiger charge is -1.91. The molecular formula is C9H9N3. The lowest BCUT2D eigenvalue weighted by Crippen LogP contribution is -1.81. The normalized spacial score (nSPS) is 10.1. The third-order valence-corrected chi connectivity index (χ3v) is 1.63. The highest BCUT2D eigenvalue weighted by Crippen LogP contribution is 2.11. The van der Waals surface area contributed by atoms with E-state index in [9.17, 15) is 0 Å². The molecule has 0 aliphatic carbocycles. The van der Waals surface area contributed by atoms with Gasteiger partial charge < -0.3 is 4.57 Å². The van der Waals surface area contributed by atoms with Crippen LogP contribution in [0.5, 0.6) is 0 Å². The van der Waals surface area contributed by atoms with Gasteiger partial charge in [0.1, 0.15) is 5.69 Å². The Morgan fingerprint density at radius 2 is 2.08 bits per heavy atom. The van der Waals surface area contributed by atoms with Gasteiger partial charge in [0, 0.05) is 19.4 Å². The van der Waals surface area contributed by atoms with Crippen LogP contribution in [-0.2, 0) is 7.05 Å². The van der Waals surface area contributed by atoms with Crippen molar-refractivity contribution in [3.63, 3.8) is 0 Å². The number of aromatic nitrogens is 3. The van der Waals surface area contributed by atoms with Crippen LogP contribution >= 0.6 is 0 Å². The summed E-state index contributed by atoms with van der Waals surface area (Å²) in [7, 11) is 1.94. The van der Waals surface area contributed by atoms with E-state index < -0.39 is 0 Å². The maximum absolute atomic E-state index is 4.19. The van der Waals surface area contributed by atoms with E-state index in [1.54, 1.807) is 12.5 Å². The fourth-order valence-corrected chi connectivity index (χ4v) is 1.06. The minimum atomic E-state index is 0.915. The molecule has 0 aliphatic heterocycles. The second-order valence-electron chi connectivity index (χ2n) is 2.64. The molecule has 0 saturated heterocycles. The molecule has 0 saturated carbocycles. The molecular weight excluding hydrogens is 150 g/mol. The van der Waals surface area contributed by atoms with Crippen LogP contribution in [0.25, 0.3) is 11.4 Å². The first-order chi connectivity index (χ1) is 5.86. The zero-order valence-corrected chi connectivity index (χ0v) is 6.81. The molecule has 60 valence electrons. The van der Waals surface area contributed by atoms with Crippen molar-refractivity contribution in [2.45, 2.75) is 0 Å². The first-order valence-electron chi connectivity index (χ1n) is 3.75. The molecule has 0 N–H and O–H groups in total. The topological polar surface area (TPSA) is 30.7 Å². The van der Waals surface area contributed by atoms with E-state index in [1.165, 1.54) is 0 Å². The molecule has 0 radical (unpaired) electrons. The third kappa shape index (κ3) is 1.21. The van der Waals surface area contributed by atoms with E-state index in [-0.39, 0.29) is 0 Å². The van der Waals surface area contributed by atoms with Gasteiger partial charge in [-0.3, -0.25) is 4.98 Å². The van der Waals surface area contributed by atoms with E-state index >= 15 is 0 Å². The Hall–Kier alpha value is -1.64. The number of pyridine rings is 1. The van der Waals surface area contributed by atoms with E-state index in [2.05, 4.69) is 9.97 Å². The summed E-state index contributed by atoms with van der Waals surface area (Å²) >= 11 is 0. The summed E-state index contributed by atoms with van der Waals surface area (Å²) < 4.78 is 1.91. The van der Waals surface area contributed by atoms with Crippen LogP contribution in [-0.4, -0.2) is 14.5 Å². The smallest absolute Gasteiger partial charge is 0.107 e. The fraction of sp³-hybridized carbons (Fsp3) is 0.111. The fourth-order valence-electron chi connectivity index (χ4n) is 1.06. The number of nitrogens with zero attached hydrogens (tertiary/aromatic N) is 3. The zero-order valence-electron chi connectivity index (χ0n) is 6.81. The van der Waals surface area contributed by atoms with E-state index in [0.29, 0.717) is 0 Å². The first-order valence-corrected chi connectivity index (χ1v) is 3.75. The number of rotatable bonds is 1. The summed E-state index contributed by atoms with van der Waals surface area (Å²) in [5.74, 6) is 0. The maximum Gasteiger partial charge on any atom is 0.107 e. The molecule has 2 aromatic rings. The second kappa shape index (κ2) is 2.77. The van der Waals surface area contributed by atoms with Gasteiger partial charge in [-0.05, 0) is 12.1 Å². The Morgan fingerprint density at radius 3 is 2.67 bits per heavy atom. The predicted molar refractivity (Wildman–Crippen MR) is 46.4 cm³/mol. The second-order valence-corrected chi connectivity index (χ2v) is 2.64. The lowest BCUT2D eigenvalue weighted by atomic mass is 10.3. The molecule has 0 fully saturated rings. The highest BCUT2D eigenvalue weighted by molar-refractivity contribution is 5.51. The van der Waals surface area contributed by atoms with Crippen LogP contribution in [0.3, 0.4) is 0 Å². The van der Waals surface area contributed by atoms with Crippen molar-refractivity contribution in [3.05, 3.63) is 36.9 Å². The van der Waals surface area contributed by atoms with Crippen LogP contribution in [0.1, 0.15) is 0 Å².